The zero-order valence-corrected chi connectivity index (χ0v) is 16.5. The lowest BCUT2D eigenvalue weighted by Crippen LogP contribution is -3.08. The molecule has 0 bridgehead atoms. The lowest BCUT2D eigenvalue weighted by atomic mass is 10.1. The molecule has 3 rings (SSSR count). The minimum Gasteiger partial charge on any atom is -0.463 e. The third-order valence-electron chi connectivity index (χ3n) is 4.51. The maximum absolute atomic E-state index is 12.6. The van der Waals surface area contributed by atoms with E-state index in [2.05, 4.69) is 10.6 Å². The second-order valence-corrected chi connectivity index (χ2v) is 6.98. The third kappa shape index (κ3) is 6.33. The molecule has 150 valence electrons. The maximum atomic E-state index is 12.6. The van der Waals surface area contributed by atoms with Crippen LogP contribution in [0.2, 0.25) is 0 Å². The van der Waals surface area contributed by atoms with E-state index in [9.17, 15) is 9.59 Å². The number of hydrogen-bond acceptors (Lipinski definition) is 3. The molecule has 6 heteroatoms. The number of quaternary nitrogens is 1. The van der Waals surface area contributed by atoms with Crippen LogP contribution in [0.1, 0.15) is 21.7 Å². The van der Waals surface area contributed by atoms with Gasteiger partial charge in [-0.05, 0) is 36.2 Å². The molecule has 0 aliphatic carbocycles. The third-order valence-corrected chi connectivity index (χ3v) is 4.51. The quantitative estimate of drug-likeness (QED) is 0.521. The Morgan fingerprint density at radius 1 is 0.966 bits per heavy atom. The van der Waals surface area contributed by atoms with E-state index in [4.69, 9.17) is 4.42 Å². The van der Waals surface area contributed by atoms with Gasteiger partial charge in [0.15, 0.2) is 12.3 Å². The van der Waals surface area contributed by atoms with Gasteiger partial charge < -0.3 is 20.0 Å². The molecule has 0 aliphatic rings. The van der Waals surface area contributed by atoms with Crippen LogP contribution in [-0.2, 0) is 17.8 Å². The monoisotopic (exact) mass is 392 g/mol. The van der Waals surface area contributed by atoms with Gasteiger partial charge in [0.2, 0.25) is 0 Å². The first kappa shape index (κ1) is 20.4. The van der Waals surface area contributed by atoms with Crippen molar-refractivity contribution in [1.82, 2.24) is 5.32 Å². The van der Waals surface area contributed by atoms with Gasteiger partial charge in [-0.15, -0.1) is 0 Å². The van der Waals surface area contributed by atoms with E-state index in [1.165, 1.54) is 0 Å². The van der Waals surface area contributed by atoms with Crippen molar-refractivity contribution >= 4 is 17.5 Å². The Morgan fingerprint density at radius 2 is 1.72 bits per heavy atom. The summed E-state index contributed by atoms with van der Waals surface area (Å²) < 4.78 is 5.32. The summed E-state index contributed by atoms with van der Waals surface area (Å²) >= 11 is 0. The van der Waals surface area contributed by atoms with Gasteiger partial charge in [-0.3, -0.25) is 9.59 Å². The van der Waals surface area contributed by atoms with E-state index >= 15 is 0 Å². The van der Waals surface area contributed by atoms with E-state index in [0.29, 0.717) is 24.3 Å². The Morgan fingerprint density at radius 3 is 2.48 bits per heavy atom. The normalized spacial score (nSPS) is 11.6. The van der Waals surface area contributed by atoms with Crippen molar-refractivity contribution in [2.24, 2.45) is 0 Å². The Balaban J connectivity index is 1.53. The highest BCUT2D eigenvalue weighted by Gasteiger charge is 2.16. The first-order valence-corrected chi connectivity index (χ1v) is 9.66. The van der Waals surface area contributed by atoms with Gasteiger partial charge in [0.05, 0.1) is 24.6 Å². The molecule has 0 fully saturated rings. The van der Waals surface area contributed by atoms with Crippen molar-refractivity contribution < 1.29 is 18.9 Å². The Kier molecular flexibility index (Phi) is 7.19. The minimum atomic E-state index is -0.201. The fraction of sp³-hybridized carbons (Fsp3) is 0.217. The van der Waals surface area contributed by atoms with E-state index in [-0.39, 0.29) is 18.4 Å². The molecule has 1 aromatic heterocycles. The average Bonchev–Trinajstić information content (AvgIpc) is 3.22. The molecule has 0 saturated heterocycles. The molecule has 1 unspecified atom stereocenters. The largest absolute Gasteiger partial charge is 0.463 e. The summed E-state index contributed by atoms with van der Waals surface area (Å²) in [7, 11) is 1.92. The lowest BCUT2D eigenvalue weighted by molar-refractivity contribution is -0.886. The predicted molar refractivity (Wildman–Crippen MR) is 112 cm³/mol. The standard InChI is InChI=1S/C23H25N3O3/c1-26(16-19-10-7-15-29-19)17-22(27)25-21-12-6-5-11-20(21)23(28)24-14-13-18-8-3-2-4-9-18/h2-12,15H,13-14,16-17H2,1H3,(H,24,28)(H,25,27)/p+1. The van der Waals surface area contributed by atoms with Gasteiger partial charge in [0, 0.05) is 6.54 Å². The van der Waals surface area contributed by atoms with Gasteiger partial charge in [0.1, 0.15) is 6.54 Å². The molecule has 2 aromatic carbocycles. The van der Waals surface area contributed by atoms with E-state index in [1.807, 2.05) is 49.5 Å². The summed E-state index contributed by atoms with van der Waals surface area (Å²) in [6.45, 7) is 1.41. The second-order valence-electron chi connectivity index (χ2n) is 6.98. The number of amides is 2. The number of furan rings is 1. The van der Waals surface area contributed by atoms with Crippen molar-refractivity contribution in [2.45, 2.75) is 13.0 Å². The summed E-state index contributed by atoms with van der Waals surface area (Å²) in [5, 5.41) is 5.78. The van der Waals surface area contributed by atoms with Crippen LogP contribution in [0, 0.1) is 0 Å². The van der Waals surface area contributed by atoms with Crippen LogP contribution < -0.4 is 15.5 Å². The molecule has 1 atom stereocenters. The van der Waals surface area contributed by atoms with Gasteiger partial charge in [-0.25, -0.2) is 0 Å². The molecular weight excluding hydrogens is 366 g/mol. The van der Waals surface area contributed by atoms with Gasteiger partial charge in [-0.2, -0.15) is 0 Å². The molecule has 0 aliphatic heterocycles. The Bertz CT molecular complexity index is 924. The molecule has 29 heavy (non-hydrogen) atoms. The lowest BCUT2D eigenvalue weighted by Gasteiger charge is -2.14. The summed E-state index contributed by atoms with van der Waals surface area (Å²) in [6, 6.07) is 20.7. The highest BCUT2D eigenvalue weighted by molar-refractivity contribution is 6.03. The highest BCUT2D eigenvalue weighted by atomic mass is 16.3. The summed E-state index contributed by atoms with van der Waals surface area (Å²) in [4.78, 5) is 26.0. The van der Waals surface area contributed by atoms with Crippen LogP contribution in [0.5, 0.6) is 0 Å². The number of nitrogens with one attached hydrogen (secondary N) is 3. The SMILES string of the molecule is C[NH+](CC(=O)Nc1ccccc1C(=O)NCCc1ccccc1)Cc1ccco1. The first-order chi connectivity index (χ1) is 14.1. The van der Waals surface area contributed by atoms with Crippen LogP contribution in [0.25, 0.3) is 0 Å². The van der Waals surface area contributed by atoms with E-state index in [0.717, 1.165) is 22.6 Å². The van der Waals surface area contributed by atoms with Crippen LogP contribution in [-0.4, -0.2) is 32.0 Å². The highest BCUT2D eigenvalue weighted by Crippen LogP contribution is 2.14. The van der Waals surface area contributed by atoms with Crippen LogP contribution in [0.15, 0.2) is 77.4 Å². The average molecular weight is 392 g/mol. The number of rotatable bonds is 9. The van der Waals surface area contributed by atoms with Gasteiger partial charge in [-0.1, -0.05) is 42.5 Å². The summed E-state index contributed by atoms with van der Waals surface area (Å²) in [5.41, 5.74) is 2.13. The van der Waals surface area contributed by atoms with Crippen molar-refractivity contribution in [2.75, 3.05) is 25.5 Å². The smallest absolute Gasteiger partial charge is 0.279 e. The number of hydrogen-bond donors (Lipinski definition) is 3. The van der Waals surface area contributed by atoms with Crippen LogP contribution in [0.4, 0.5) is 5.69 Å². The molecule has 0 radical (unpaired) electrons. The Labute approximate surface area is 170 Å². The van der Waals surface area contributed by atoms with Crippen molar-refractivity contribution in [3.63, 3.8) is 0 Å². The van der Waals surface area contributed by atoms with Crippen LogP contribution in [0.3, 0.4) is 0 Å². The molecule has 3 aromatic rings. The number of carbonyl (C=O) groups is 2. The Hall–Kier alpha value is -3.38. The first-order valence-electron chi connectivity index (χ1n) is 9.66. The predicted octanol–water partition coefficient (Wildman–Crippen LogP) is 1.91. The number of para-hydroxylation sites is 1. The number of benzene rings is 2. The number of anilines is 1. The van der Waals surface area contributed by atoms with E-state index in [1.54, 1.807) is 30.5 Å². The number of carbonyl (C=O) groups excluding carboxylic acids is 2. The number of likely N-dealkylation sites (N-methyl/N-ethyl adjacent to an activating group) is 1. The zero-order chi connectivity index (χ0) is 20.5. The molecular formula is C23H26N3O3+. The van der Waals surface area contributed by atoms with Crippen molar-refractivity contribution in [3.05, 3.63) is 89.9 Å². The fourth-order valence-electron chi connectivity index (χ4n) is 3.09. The molecule has 3 N–H and O–H groups in total. The van der Waals surface area contributed by atoms with Gasteiger partial charge in [0.25, 0.3) is 11.8 Å². The topological polar surface area (TPSA) is 75.8 Å². The van der Waals surface area contributed by atoms with Crippen molar-refractivity contribution in [1.29, 1.82) is 0 Å². The summed E-state index contributed by atoms with van der Waals surface area (Å²) in [5.74, 6) is 0.472. The molecule has 2 amide bonds. The maximum Gasteiger partial charge on any atom is 0.279 e. The van der Waals surface area contributed by atoms with Gasteiger partial charge >= 0.3 is 0 Å². The van der Waals surface area contributed by atoms with E-state index < -0.39 is 0 Å². The molecule has 0 saturated carbocycles. The zero-order valence-electron chi connectivity index (χ0n) is 16.5. The van der Waals surface area contributed by atoms with Crippen molar-refractivity contribution in [3.8, 4) is 0 Å². The fourth-order valence-corrected chi connectivity index (χ4v) is 3.09. The minimum absolute atomic E-state index is 0.154. The second kappa shape index (κ2) is 10.2. The molecule has 0 spiro atoms. The molecule has 6 nitrogen and oxygen atoms in total. The summed E-state index contributed by atoms with van der Waals surface area (Å²) in [6.07, 6.45) is 2.37. The molecule has 1 heterocycles. The van der Waals surface area contributed by atoms with Crippen LogP contribution >= 0.6 is 0 Å².